The molecule has 2 heterocycles. The highest BCUT2D eigenvalue weighted by atomic mass is 16.6. The van der Waals surface area contributed by atoms with Crippen molar-refractivity contribution in [2.24, 2.45) is 0 Å². The van der Waals surface area contributed by atoms with Crippen molar-refractivity contribution in [3.8, 4) is 22.6 Å². The molecule has 0 unspecified atom stereocenters. The Kier molecular flexibility index (Phi) is 7.47. The van der Waals surface area contributed by atoms with Crippen LogP contribution in [0.15, 0.2) is 121 Å². The number of cyclic esters (lactones) is 4. The zero-order valence-electron chi connectivity index (χ0n) is 29.1. The van der Waals surface area contributed by atoms with Crippen LogP contribution in [0.1, 0.15) is 95.5 Å². The van der Waals surface area contributed by atoms with Gasteiger partial charge in [-0.1, -0.05) is 72.8 Å². The van der Waals surface area contributed by atoms with Crippen LogP contribution in [0.5, 0.6) is 11.5 Å². The second kappa shape index (κ2) is 12.3. The molecule has 0 fully saturated rings. The van der Waals surface area contributed by atoms with Crippen molar-refractivity contribution in [1.29, 1.82) is 0 Å². The summed E-state index contributed by atoms with van der Waals surface area (Å²) in [6.45, 7) is 3.68. The summed E-state index contributed by atoms with van der Waals surface area (Å²) in [5.41, 5.74) is 6.86. The number of esters is 6. The van der Waals surface area contributed by atoms with E-state index in [1.54, 1.807) is 12.1 Å². The maximum atomic E-state index is 13.3. The lowest BCUT2D eigenvalue weighted by Gasteiger charge is -2.34. The summed E-state index contributed by atoms with van der Waals surface area (Å²) in [6.07, 6.45) is 0. The maximum absolute atomic E-state index is 13.3. The van der Waals surface area contributed by atoms with Gasteiger partial charge in [0.2, 0.25) is 0 Å². The molecular formula is C45H26O10. The molecule has 0 saturated heterocycles. The molecule has 55 heavy (non-hydrogen) atoms. The monoisotopic (exact) mass is 726 g/mol. The minimum Gasteiger partial charge on any atom is -0.423 e. The van der Waals surface area contributed by atoms with Gasteiger partial charge in [-0.3, -0.25) is 0 Å². The lowest BCUT2D eigenvalue weighted by Crippen LogP contribution is -2.29. The average molecular weight is 727 g/mol. The number of hydrogen-bond donors (Lipinski definition) is 0. The first kappa shape index (κ1) is 33.4. The number of carbonyl (C=O) groups excluding carboxylic acids is 6. The van der Waals surface area contributed by atoms with E-state index >= 15 is 0 Å². The number of rotatable bonds is 6. The van der Waals surface area contributed by atoms with Crippen molar-refractivity contribution >= 4 is 35.8 Å². The Morgan fingerprint density at radius 2 is 0.855 bits per heavy atom. The molecule has 0 atom stereocenters. The highest BCUT2D eigenvalue weighted by Crippen LogP contribution is 2.56. The van der Waals surface area contributed by atoms with E-state index < -0.39 is 41.2 Å². The van der Waals surface area contributed by atoms with Gasteiger partial charge in [-0.25, -0.2) is 28.8 Å². The molecule has 6 aromatic carbocycles. The molecule has 0 saturated carbocycles. The molecule has 2 aliphatic heterocycles. The number of ether oxygens (including phenoxy) is 4. The lowest BCUT2D eigenvalue weighted by molar-refractivity contribution is 0.0425. The molecule has 10 nitrogen and oxygen atoms in total. The van der Waals surface area contributed by atoms with E-state index in [0.29, 0.717) is 22.6 Å². The first-order valence-electron chi connectivity index (χ1n) is 17.2. The third-order valence-corrected chi connectivity index (χ3v) is 10.3. The first-order valence-corrected chi connectivity index (χ1v) is 17.2. The molecule has 0 amide bonds. The second-order valence-corrected chi connectivity index (χ2v) is 13.5. The summed E-state index contributed by atoms with van der Waals surface area (Å²) in [4.78, 5) is 74.6. The van der Waals surface area contributed by atoms with Crippen LogP contribution in [0.25, 0.3) is 11.1 Å². The predicted molar refractivity (Wildman–Crippen MR) is 196 cm³/mol. The fraction of sp³-hybridized carbons (Fsp3) is 0.0667. The largest absolute Gasteiger partial charge is 0.423 e. The van der Waals surface area contributed by atoms with Crippen molar-refractivity contribution in [2.75, 3.05) is 0 Å². The average Bonchev–Trinajstić information content (AvgIpc) is 3.77. The Morgan fingerprint density at radius 1 is 0.455 bits per heavy atom. The Balaban J connectivity index is 1.10. The first-order chi connectivity index (χ1) is 26.5. The molecule has 266 valence electrons. The fourth-order valence-corrected chi connectivity index (χ4v) is 7.76. The van der Waals surface area contributed by atoms with Gasteiger partial charge >= 0.3 is 35.8 Å². The quantitative estimate of drug-likeness (QED) is 0.0951. The predicted octanol–water partition coefficient (Wildman–Crippen LogP) is 7.73. The number of aryl methyl sites for hydroxylation is 2. The van der Waals surface area contributed by atoms with Crippen LogP contribution in [0.3, 0.4) is 0 Å². The molecule has 10 heteroatoms. The third-order valence-electron chi connectivity index (χ3n) is 10.3. The maximum Gasteiger partial charge on any atom is 0.346 e. The van der Waals surface area contributed by atoms with Gasteiger partial charge in [0.15, 0.2) is 0 Å². The molecule has 9 rings (SSSR count). The summed E-state index contributed by atoms with van der Waals surface area (Å²) in [7, 11) is 0. The van der Waals surface area contributed by atoms with E-state index in [9.17, 15) is 28.8 Å². The third kappa shape index (κ3) is 5.10. The standard InChI is InChI=1S/C45H26O10/c1-23-19-27(13-17-37(23)52-39(46)25-11-15-31-33(21-25)43(50)54-41(31)48)45(35-9-5-3-7-29(35)30-8-4-6-10-36(30)45)28-14-18-38(24(2)20-28)53-40(47)26-12-16-32-34(22-26)44(51)55-42(32)49/h3-22H,1-2H3. The molecule has 0 aromatic heterocycles. The summed E-state index contributed by atoms with van der Waals surface area (Å²) < 4.78 is 21.0. The topological polar surface area (TPSA) is 139 Å². The van der Waals surface area contributed by atoms with Gasteiger partial charge in [-0.15, -0.1) is 0 Å². The van der Waals surface area contributed by atoms with Crippen LogP contribution in [-0.4, -0.2) is 35.8 Å². The van der Waals surface area contributed by atoms with E-state index in [-0.39, 0.29) is 33.4 Å². The zero-order valence-corrected chi connectivity index (χ0v) is 29.1. The van der Waals surface area contributed by atoms with Gasteiger partial charge in [0.1, 0.15) is 11.5 Å². The smallest absolute Gasteiger partial charge is 0.346 e. The SMILES string of the molecule is Cc1cc(C2(c3ccc(OC(=O)c4ccc5c(c4)C(=O)OC5=O)c(C)c3)c3ccccc3-c3ccccc32)ccc1OC(=O)c1ccc2c(c1)C(=O)OC2=O. The van der Waals surface area contributed by atoms with Gasteiger partial charge in [0.25, 0.3) is 0 Å². The summed E-state index contributed by atoms with van der Waals surface area (Å²) in [5, 5.41) is 0. The molecule has 0 N–H and O–H groups in total. The van der Waals surface area contributed by atoms with Crippen LogP contribution in [0.2, 0.25) is 0 Å². The minimum absolute atomic E-state index is 0.00983. The fourth-order valence-electron chi connectivity index (χ4n) is 7.76. The van der Waals surface area contributed by atoms with Crippen LogP contribution in [-0.2, 0) is 14.9 Å². The summed E-state index contributed by atoms with van der Waals surface area (Å²) >= 11 is 0. The van der Waals surface area contributed by atoms with Crippen molar-refractivity contribution in [3.63, 3.8) is 0 Å². The Bertz CT molecular complexity index is 2570. The summed E-state index contributed by atoms with van der Waals surface area (Å²) in [6, 6.07) is 35.8. The Hall–Kier alpha value is -7.46. The molecule has 6 aromatic rings. The van der Waals surface area contributed by atoms with Gasteiger partial charge in [0, 0.05) is 0 Å². The molecule has 0 radical (unpaired) electrons. The molecular weight excluding hydrogens is 700 g/mol. The van der Waals surface area contributed by atoms with E-state index in [0.717, 1.165) is 33.4 Å². The Morgan fingerprint density at radius 3 is 1.27 bits per heavy atom. The van der Waals surface area contributed by atoms with Gasteiger partial charge in [0.05, 0.1) is 38.8 Å². The van der Waals surface area contributed by atoms with E-state index in [4.69, 9.17) is 9.47 Å². The van der Waals surface area contributed by atoms with Crippen LogP contribution >= 0.6 is 0 Å². The van der Waals surface area contributed by atoms with Crippen LogP contribution in [0, 0.1) is 13.8 Å². The minimum atomic E-state index is -0.840. The van der Waals surface area contributed by atoms with Crippen molar-refractivity contribution in [3.05, 3.63) is 188 Å². The lowest BCUT2D eigenvalue weighted by atomic mass is 9.67. The highest BCUT2D eigenvalue weighted by molar-refractivity contribution is 6.16. The van der Waals surface area contributed by atoms with Crippen LogP contribution in [0.4, 0.5) is 0 Å². The van der Waals surface area contributed by atoms with Gasteiger partial charge in [-0.05, 0) is 107 Å². The highest BCUT2D eigenvalue weighted by Gasteiger charge is 2.46. The normalized spacial score (nSPS) is 14.4. The second-order valence-electron chi connectivity index (χ2n) is 13.5. The zero-order chi connectivity index (χ0) is 38.2. The molecule has 3 aliphatic rings. The number of carbonyl (C=O) groups is 6. The van der Waals surface area contributed by atoms with Gasteiger partial charge in [-0.2, -0.15) is 0 Å². The van der Waals surface area contributed by atoms with Crippen LogP contribution < -0.4 is 9.47 Å². The summed E-state index contributed by atoms with van der Waals surface area (Å²) in [5.74, 6) is -3.93. The molecule has 0 spiro atoms. The number of benzene rings is 6. The van der Waals surface area contributed by atoms with Crippen molar-refractivity contribution in [2.45, 2.75) is 19.3 Å². The van der Waals surface area contributed by atoms with Crippen molar-refractivity contribution < 1.29 is 47.7 Å². The Labute approximate surface area is 312 Å². The van der Waals surface area contributed by atoms with E-state index in [2.05, 4.69) is 33.7 Å². The van der Waals surface area contributed by atoms with E-state index in [1.165, 1.54) is 36.4 Å². The number of fused-ring (bicyclic) bond motifs is 5. The number of hydrogen-bond acceptors (Lipinski definition) is 10. The van der Waals surface area contributed by atoms with Gasteiger partial charge < -0.3 is 18.9 Å². The van der Waals surface area contributed by atoms with Crippen molar-refractivity contribution in [1.82, 2.24) is 0 Å². The molecule has 1 aliphatic carbocycles. The molecule has 0 bridgehead atoms. The van der Waals surface area contributed by atoms with E-state index in [1.807, 2.05) is 62.4 Å².